The summed E-state index contributed by atoms with van der Waals surface area (Å²) in [5.74, 6) is -3.76. The fraction of sp³-hybridized carbons (Fsp3) is 0.722. The van der Waals surface area contributed by atoms with E-state index in [2.05, 4.69) is 17.2 Å². The summed E-state index contributed by atoms with van der Waals surface area (Å²) < 4.78 is -0.588. The van der Waals surface area contributed by atoms with E-state index in [9.17, 15) is 19.5 Å². The van der Waals surface area contributed by atoms with Crippen LogP contribution < -0.4 is 10.6 Å². The van der Waals surface area contributed by atoms with Crippen molar-refractivity contribution in [3.05, 3.63) is 12.2 Å². The fourth-order valence-corrected chi connectivity index (χ4v) is 3.05. The highest BCUT2D eigenvalue weighted by atomic mass is 32.2. The minimum absolute atomic E-state index is 0.216. The Morgan fingerprint density at radius 1 is 1.20 bits per heavy atom. The Kier molecular flexibility index (Phi) is 9.26. The summed E-state index contributed by atoms with van der Waals surface area (Å²) in [5.41, 5.74) is 0.650. The zero-order valence-corrected chi connectivity index (χ0v) is 17.1. The first-order chi connectivity index (χ1) is 11.4. The van der Waals surface area contributed by atoms with Crippen molar-refractivity contribution in [3.63, 3.8) is 0 Å². The van der Waals surface area contributed by atoms with Crippen LogP contribution in [0.2, 0.25) is 0 Å². The van der Waals surface area contributed by atoms with Crippen molar-refractivity contribution in [2.75, 3.05) is 13.3 Å². The first kappa shape index (κ1) is 23.5. The lowest BCUT2D eigenvalue weighted by atomic mass is 9.80. The van der Waals surface area contributed by atoms with Gasteiger partial charge in [0.05, 0.1) is 0 Å². The number of carbonyl (C=O) groups excluding carboxylic acids is 2. The zero-order chi connectivity index (χ0) is 19.9. The van der Waals surface area contributed by atoms with E-state index in [1.807, 2.05) is 34.0 Å². The minimum Gasteiger partial charge on any atom is -0.481 e. The second kappa shape index (κ2) is 9.85. The van der Waals surface area contributed by atoms with Crippen molar-refractivity contribution in [1.29, 1.82) is 0 Å². The second-order valence-corrected chi connectivity index (χ2v) is 8.72. The number of carboxylic acids is 1. The lowest BCUT2D eigenvalue weighted by Gasteiger charge is -2.34. The van der Waals surface area contributed by atoms with Crippen LogP contribution in [0.4, 0.5) is 0 Å². The first-order valence-corrected chi connectivity index (χ1v) is 9.56. The normalized spacial score (nSPS) is 15.2. The third-order valence-corrected chi connectivity index (χ3v) is 5.61. The van der Waals surface area contributed by atoms with Gasteiger partial charge in [-0.05, 0) is 39.4 Å². The van der Waals surface area contributed by atoms with Crippen LogP contribution in [-0.2, 0) is 14.4 Å². The van der Waals surface area contributed by atoms with E-state index in [4.69, 9.17) is 0 Å². The molecule has 0 fully saturated rings. The molecular weight excluding hydrogens is 340 g/mol. The van der Waals surface area contributed by atoms with E-state index in [0.29, 0.717) is 12.0 Å². The third-order valence-electron chi connectivity index (χ3n) is 4.33. The highest BCUT2D eigenvalue weighted by Gasteiger charge is 2.41. The second-order valence-electron chi connectivity index (χ2n) is 7.26. The largest absolute Gasteiger partial charge is 0.481 e. The molecule has 6 nitrogen and oxygen atoms in total. The summed E-state index contributed by atoms with van der Waals surface area (Å²) in [7, 11) is 1.49. The Bertz CT molecular complexity index is 517. The Balaban J connectivity index is 5.68. The Hall–Kier alpha value is -1.50. The molecule has 25 heavy (non-hydrogen) atoms. The molecule has 0 radical (unpaired) electrons. The van der Waals surface area contributed by atoms with Crippen LogP contribution in [0.3, 0.4) is 0 Å². The van der Waals surface area contributed by atoms with E-state index in [1.165, 1.54) is 18.8 Å². The number of carboxylic acid groups (broad SMARTS) is 1. The van der Waals surface area contributed by atoms with Gasteiger partial charge in [0.15, 0.2) is 0 Å². The lowest BCUT2D eigenvalue weighted by Crippen LogP contribution is -2.58. The molecule has 7 heteroatoms. The molecule has 0 aromatic rings. The van der Waals surface area contributed by atoms with Gasteiger partial charge >= 0.3 is 5.97 Å². The maximum absolute atomic E-state index is 12.8. The topological polar surface area (TPSA) is 95.5 Å². The quantitative estimate of drug-likeness (QED) is 0.404. The monoisotopic (exact) mass is 372 g/mol. The summed E-state index contributed by atoms with van der Waals surface area (Å²) in [6.45, 7) is 13.2. The van der Waals surface area contributed by atoms with Crippen molar-refractivity contribution in [1.82, 2.24) is 10.6 Å². The van der Waals surface area contributed by atoms with Crippen LogP contribution in [0.5, 0.6) is 0 Å². The summed E-state index contributed by atoms with van der Waals surface area (Å²) in [6, 6.07) is -0.841. The summed E-state index contributed by atoms with van der Waals surface area (Å²) >= 11 is 1.43. The molecule has 0 saturated heterocycles. The van der Waals surface area contributed by atoms with E-state index in [0.717, 1.165) is 0 Å². The molecule has 0 aliphatic heterocycles. The highest BCUT2D eigenvalue weighted by Crippen LogP contribution is 2.30. The number of hydrogen-bond acceptors (Lipinski definition) is 4. The van der Waals surface area contributed by atoms with Gasteiger partial charge in [0.25, 0.3) is 0 Å². The van der Waals surface area contributed by atoms with Crippen molar-refractivity contribution >= 4 is 29.5 Å². The van der Waals surface area contributed by atoms with Crippen LogP contribution in [0.25, 0.3) is 0 Å². The number of hydrogen-bond donors (Lipinski definition) is 3. The number of allylic oxidation sites excluding steroid dienone is 1. The highest BCUT2D eigenvalue weighted by molar-refractivity contribution is 8.00. The molecule has 0 unspecified atom stereocenters. The average Bonchev–Trinajstić information content (AvgIpc) is 2.50. The minimum atomic E-state index is -1.27. The van der Waals surface area contributed by atoms with Gasteiger partial charge in [-0.1, -0.05) is 26.0 Å². The van der Waals surface area contributed by atoms with E-state index >= 15 is 0 Å². The van der Waals surface area contributed by atoms with Crippen LogP contribution in [0, 0.1) is 17.8 Å². The van der Waals surface area contributed by atoms with Gasteiger partial charge in [-0.25, -0.2) is 0 Å². The molecular formula is C18H32N2O4S. The molecule has 0 aliphatic carbocycles. The van der Waals surface area contributed by atoms with Crippen LogP contribution in [-0.4, -0.2) is 47.0 Å². The number of thioether (sulfide) groups is 1. The summed E-state index contributed by atoms with van der Waals surface area (Å²) in [6.07, 6.45) is 2.38. The molecule has 3 atom stereocenters. The van der Waals surface area contributed by atoms with Gasteiger partial charge in [-0.3, -0.25) is 14.4 Å². The molecule has 0 saturated carbocycles. The Labute approximate surface area is 155 Å². The Morgan fingerprint density at radius 2 is 1.72 bits per heavy atom. The van der Waals surface area contributed by atoms with Crippen LogP contribution >= 0.6 is 11.8 Å². The van der Waals surface area contributed by atoms with Gasteiger partial charge in [-0.15, -0.1) is 0 Å². The lowest BCUT2D eigenvalue weighted by molar-refractivity contribution is -0.150. The molecule has 144 valence electrons. The number of aliphatic carboxylic acids is 1. The molecule has 0 spiro atoms. The number of carbonyl (C=O) groups is 3. The third kappa shape index (κ3) is 6.72. The standard InChI is InChI=1S/C18H32N2O4S/c1-10(2)9-12(11(3)4)13(17(23)24)15(21)20-14(16(22)19-7)18(5,6)25-8/h10,12-14H,3,9H2,1-2,4-8H3,(H,19,22)(H,20,21)(H,23,24)/t12-,13-,14-/m0/s1. The summed E-state index contributed by atoms with van der Waals surface area (Å²) in [5, 5.41) is 14.8. The molecule has 3 N–H and O–H groups in total. The van der Waals surface area contributed by atoms with Crippen LogP contribution in [0.15, 0.2) is 12.2 Å². The maximum Gasteiger partial charge on any atom is 0.316 e. The number of nitrogens with one attached hydrogen (secondary N) is 2. The fourth-order valence-electron chi connectivity index (χ4n) is 2.65. The predicted molar refractivity (Wildman–Crippen MR) is 102 cm³/mol. The van der Waals surface area contributed by atoms with Gasteiger partial charge in [-0.2, -0.15) is 11.8 Å². The summed E-state index contributed by atoms with van der Waals surface area (Å²) in [4.78, 5) is 36.8. The van der Waals surface area contributed by atoms with Gasteiger partial charge in [0.2, 0.25) is 11.8 Å². The molecule has 2 amide bonds. The molecule has 0 aromatic carbocycles. The number of rotatable bonds is 10. The van der Waals surface area contributed by atoms with Gasteiger partial charge in [0, 0.05) is 17.7 Å². The predicted octanol–water partition coefficient (Wildman–Crippen LogP) is 2.30. The van der Waals surface area contributed by atoms with Crippen molar-refractivity contribution in [2.45, 2.75) is 51.8 Å². The molecule has 0 rings (SSSR count). The maximum atomic E-state index is 12.8. The van der Waals surface area contributed by atoms with E-state index in [-0.39, 0.29) is 11.8 Å². The van der Waals surface area contributed by atoms with Gasteiger partial charge < -0.3 is 15.7 Å². The van der Waals surface area contributed by atoms with Crippen LogP contribution in [0.1, 0.15) is 41.0 Å². The average molecular weight is 373 g/mol. The number of likely N-dealkylation sites (N-methyl/N-ethyl adjacent to an activating group) is 1. The number of amides is 2. The van der Waals surface area contributed by atoms with E-state index < -0.39 is 34.5 Å². The first-order valence-electron chi connectivity index (χ1n) is 8.34. The smallest absolute Gasteiger partial charge is 0.316 e. The van der Waals surface area contributed by atoms with E-state index in [1.54, 1.807) is 6.92 Å². The van der Waals surface area contributed by atoms with Gasteiger partial charge in [0.1, 0.15) is 12.0 Å². The molecule has 0 aromatic heterocycles. The Morgan fingerprint density at radius 3 is 2.04 bits per heavy atom. The zero-order valence-electron chi connectivity index (χ0n) is 16.3. The van der Waals surface area contributed by atoms with Crippen molar-refractivity contribution in [2.24, 2.45) is 17.8 Å². The molecule has 0 bridgehead atoms. The van der Waals surface area contributed by atoms with Crippen molar-refractivity contribution < 1.29 is 19.5 Å². The van der Waals surface area contributed by atoms with Crippen molar-refractivity contribution in [3.8, 4) is 0 Å². The SMILES string of the molecule is C=C(C)[C@H](CC(C)C)[C@H](C(=O)O)C(=O)N[C@@H](C(=O)NC)C(C)(C)SC. The molecule has 0 heterocycles. The molecule has 0 aliphatic rings.